The molecular weight excluding hydrogens is 360 g/mol. The third kappa shape index (κ3) is 5.31. The molecule has 0 bridgehead atoms. The zero-order chi connectivity index (χ0) is 15.9. The number of benzene rings is 2. The number of halogens is 1. The summed E-state index contributed by atoms with van der Waals surface area (Å²) in [5.74, 6) is 0.905. The highest BCUT2D eigenvalue weighted by Gasteiger charge is 2.06. The van der Waals surface area contributed by atoms with Crippen LogP contribution in [0.15, 0.2) is 53.0 Å². The third-order valence-electron chi connectivity index (χ3n) is 3.06. The third-order valence-corrected chi connectivity index (χ3v) is 3.81. The van der Waals surface area contributed by atoms with Crippen molar-refractivity contribution in [2.24, 2.45) is 0 Å². The second-order valence-corrected chi connectivity index (χ2v) is 6.41. The van der Waals surface area contributed by atoms with Crippen LogP contribution in [0.4, 0.5) is 5.69 Å². The van der Waals surface area contributed by atoms with Gasteiger partial charge in [0.05, 0.1) is 6.04 Å². The second kappa shape index (κ2) is 8.15. The average molecular weight is 379 g/mol. The second-order valence-electron chi connectivity index (χ2n) is 5.08. The van der Waals surface area contributed by atoms with E-state index in [0.29, 0.717) is 11.7 Å². The van der Waals surface area contributed by atoms with Crippen molar-refractivity contribution in [2.45, 2.75) is 19.9 Å². The van der Waals surface area contributed by atoms with Gasteiger partial charge >= 0.3 is 0 Å². The molecule has 0 aliphatic carbocycles. The van der Waals surface area contributed by atoms with E-state index in [1.807, 2.05) is 62.4 Å². The average Bonchev–Trinajstić information content (AvgIpc) is 2.49. The van der Waals surface area contributed by atoms with Crippen LogP contribution in [0, 0.1) is 6.92 Å². The number of rotatable bonds is 5. The van der Waals surface area contributed by atoms with Gasteiger partial charge in [0.2, 0.25) is 0 Å². The predicted octanol–water partition coefficient (Wildman–Crippen LogP) is 4.51. The molecule has 2 aromatic rings. The summed E-state index contributed by atoms with van der Waals surface area (Å²) in [6, 6.07) is 16.0. The first-order valence-corrected chi connectivity index (χ1v) is 8.26. The number of thiocarbonyl (C=S) groups is 1. The molecule has 116 valence electrons. The Morgan fingerprint density at radius 1 is 1.18 bits per heavy atom. The van der Waals surface area contributed by atoms with E-state index < -0.39 is 0 Å². The number of hydrogen-bond donors (Lipinski definition) is 2. The Balaban J connectivity index is 1.79. The molecule has 0 saturated heterocycles. The van der Waals surface area contributed by atoms with Crippen LogP contribution in [0.1, 0.15) is 12.5 Å². The highest BCUT2D eigenvalue weighted by atomic mass is 79.9. The molecule has 0 aliphatic heterocycles. The quantitative estimate of drug-likeness (QED) is 0.749. The molecule has 2 aromatic carbocycles. The van der Waals surface area contributed by atoms with Crippen LogP contribution in [0.3, 0.4) is 0 Å². The highest BCUT2D eigenvalue weighted by molar-refractivity contribution is 9.10. The highest BCUT2D eigenvalue weighted by Crippen LogP contribution is 2.16. The summed E-state index contributed by atoms with van der Waals surface area (Å²) in [6.07, 6.45) is 0. The minimum absolute atomic E-state index is 0.107. The maximum Gasteiger partial charge on any atom is 0.171 e. The number of nitrogens with one attached hydrogen (secondary N) is 2. The van der Waals surface area contributed by atoms with Crippen molar-refractivity contribution in [2.75, 3.05) is 11.9 Å². The molecule has 22 heavy (non-hydrogen) atoms. The molecule has 0 fully saturated rings. The zero-order valence-electron chi connectivity index (χ0n) is 12.6. The van der Waals surface area contributed by atoms with Gasteiger partial charge in [-0.25, -0.2) is 0 Å². The molecule has 0 amide bonds. The molecule has 0 saturated carbocycles. The Hall–Kier alpha value is -1.59. The van der Waals surface area contributed by atoms with E-state index in [9.17, 15) is 0 Å². The van der Waals surface area contributed by atoms with Gasteiger partial charge in [-0.3, -0.25) is 0 Å². The van der Waals surface area contributed by atoms with Crippen LogP contribution in [-0.4, -0.2) is 17.8 Å². The van der Waals surface area contributed by atoms with Crippen LogP contribution < -0.4 is 15.4 Å². The van der Waals surface area contributed by atoms with Crippen molar-refractivity contribution < 1.29 is 4.74 Å². The van der Waals surface area contributed by atoms with Crippen molar-refractivity contribution in [1.82, 2.24) is 5.32 Å². The van der Waals surface area contributed by atoms with Gasteiger partial charge in [0.25, 0.3) is 0 Å². The van der Waals surface area contributed by atoms with E-state index in [0.717, 1.165) is 21.5 Å². The molecule has 0 heterocycles. The van der Waals surface area contributed by atoms with E-state index in [4.69, 9.17) is 17.0 Å². The smallest absolute Gasteiger partial charge is 0.171 e. The molecule has 2 N–H and O–H groups in total. The predicted molar refractivity (Wildman–Crippen MR) is 99.6 cm³/mol. The lowest BCUT2D eigenvalue weighted by Crippen LogP contribution is -2.39. The van der Waals surface area contributed by atoms with Crippen molar-refractivity contribution in [3.63, 3.8) is 0 Å². The minimum Gasteiger partial charge on any atom is -0.491 e. The molecule has 0 aromatic heterocycles. The first-order valence-electron chi connectivity index (χ1n) is 7.06. The summed E-state index contributed by atoms with van der Waals surface area (Å²) < 4.78 is 6.85. The Morgan fingerprint density at radius 3 is 2.55 bits per heavy atom. The molecule has 0 spiro atoms. The summed E-state index contributed by atoms with van der Waals surface area (Å²) in [7, 11) is 0. The van der Waals surface area contributed by atoms with Gasteiger partial charge in [-0.05, 0) is 62.0 Å². The van der Waals surface area contributed by atoms with Crippen molar-refractivity contribution >= 4 is 38.9 Å². The molecule has 0 aliphatic rings. The van der Waals surface area contributed by atoms with Crippen molar-refractivity contribution in [1.29, 1.82) is 0 Å². The Bertz CT molecular complexity index is 631. The van der Waals surface area contributed by atoms with Crippen LogP contribution in [0.5, 0.6) is 5.75 Å². The maximum absolute atomic E-state index is 5.81. The Morgan fingerprint density at radius 2 is 1.86 bits per heavy atom. The molecule has 2 rings (SSSR count). The van der Waals surface area contributed by atoms with E-state index >= 15 is 0 Å². The summed E-state index contributed by atoms with van der Waals surface area (Å²) in [4.78, 5) is 0. The van der Waals surface area contributed by atoms with E-state index in [-0.39, 0.29) is 6.04 Å². The fourth-order valence-corrected chi connectivity index (χ4v) is 2.48. The van der Waals surface area contributed by atoms with E-state index in [1.165, 1.54) is 0 Å². The lowest BCUT2D eigenvalue weighted by atomic mass is 10.2. The van der Waals surface area contributed by atoms with Gasteiger partial charge in [0.15, 0.2) is 5.11 Å². The van der Waals surface area contributed by atoms with Gasteiger partial charge in [0.1, 0.15) is 12.4 Å². The minimum atomic E-state index is 0.107. The Labute approximate surface area is 145 Å². The normalized spacial score (nSPS) is 11.6. The SMILES string of the molecule is Cc1ccccc1OC[C@@H](C)NC(=S)Nc1ccc(Br)cc1. The zero-order valence-corrected chi connectivity index (χ0v) is 15.0. The standard InChI is InChI=1S/C17H19BrN2OS/c1-12-5-3-4-6-16(12)21-11-13(2)19-17(22)20-15-9-7-14(18)8-10-15/h3-10,13H,11H2,1-2H3,(H2,19,20,22)/t13-/m1/s1. The number of ether oxygens (including phenoxy) is 1. The summed E-state index contributed by atoms with van der Waals surface area (Å²) in [6.45, 7) is 4.62. The monoisotopic (exact) mass is 378 g/mol. The van der Waals surface area contributed by atoms with Crippen LogP contribution in [-0.2, 0) is 0 Å². The summed E-state index contributed by atoms with van der Waals surface area (Å²) in [5.41, 5.74) is 2.08. The molecule has 0 unspecified atom stereocenters. The fraction of sp³-hybridized carbons (Fsp3) is 0.235. The maximum atomic E-state index is 5.81. The van der Waals surface area contributed by atoms with Crippen LogP contribution in [0.2, 0.25) is 0 Å². The lowest BCUT2D eigenvalue weighted by Gasteiger charge is -2.18. The number of para-hydroxylation sites is 1. The molecular formula is C17H19BrN2OS. The van der Waals surface area contributed by atoms with Crippen molar-refractivity contribution in [3.8, 4) is 5.75 Å². The lowest BCUT2D eigenvalue weighted by molar-refractivity contribution is 0.285. The molecule has 3 nitrogen and oxygen atoms in total. The van der Waals surface area contributed by atoms with Gasteiger partial charge in [-0.2, -0.15) is 0 Å². The molecule has 1 atom stereocenters. The fourth-order valence-electron chi connectivity index (χ4n) is 1.90. The molecule has 0 radical (unpaired) electrons. The van der Waals surface area contributed by atoms with Gasteiger partial charge < -0.3 is 15.4 Å². The molecule has 5 heteroatoms. The summed E-state index contributed by atoms with van der Waals surface area (Å²) >= 11 is 8.72. The van der Waals surface area contributed by atoms with Gasteiger partial charge in [0, 0.05) is 10.2 Å². The summed E-state index contributed by atoms with van der Waals surface area (Å²) in [5, 5.41) is 6.96. The van der Waals surface area contributed by atoms with E-state index in [1.54, 1.807) is 0 Å². The number of aryl methyl sites for hydroxylation is 1. The van der Waals surface area contributed by atoms with Crippen LogP contribution >= 0.6 is 28.1 Å². The number of hydrogen-bond acceptors (Lipinski definition) is 2. The largest absolute Gasteiger partial charge is 0.491 e. The van der Waals surface area contributed by atoms with E-state index in [2.05, 4.69) is 26.6 Å². The number of anilines is 1. The Kier molecular flexibility index (Phi) is 6.21. The van der Waals surface area contributed by atoms with Gasteiger partial charge in [-0.1, -0.05) is 34.1 Å². The van der Waals surface area contributed by atoms with Crippen molar-refractivity contribution in [3.05, 3.63) is 58.6 Å². The topological polar surface area (TPSA) is 33.3 Å². The first-order chi connectivity index (χ1) is 10.5. The first kappa shape index (κ1) is 16.8. The van der Waals surface area contributed by atoms with Gasteiger partial charge in [-0.15, -0.1) is 0 Å². The van der Waals surface area contributed by atoms with Crippen LogP contribution in [0.25, 0.3) is 0 Å².